The van der Waals surface area contributed by atoms with Crippen LogP contribution in [0.3, 0.4) is 0 Å². The topological polar surface area (TPSA) is 0 Å². The van der Waals surface area contributed by atoms with Crippen LogP contribution in [0, 0.1) is 0 Å². The van der Waals surface area contributed by atoms with Gasteiger partial charge in [0.15, 0.2) is 0 Å². The highest BCUT2D eigenvalue weighted by atomic mass is 31.1. The van der Waals surface area contributed by atoms with E-state index in [1.807, 2.05) is 0 Å². The van der Waals surface area contributed by atoms with E-state index in [0.717, 1.165) is 22.6 Å². The lowest BCUT2D eigenvalue weighted by atomic mass is 9.88. The van der Waals surface area contributed by atoms with Gasteiger partial charge in [-0.25, -0.2) is 0 Å². The van der Waals surface area contributed by atoms with Gasteiger partial charge in [0.05, 0.1) is 0 Å². The van der Waals surface area contributed by atoms with Crippen molar-refractivity contribution in [2.45, 2.75) is 103 Å². The third-order valence-electron chi connectivity index (χ3n) is 8.63. The van der Waals surface area contributed by atoms with Crippen molar-refractivity contribution < 1.29 is 0 Å². The number of hydrogen-bond donors (Lipinski definition) is 0. The van der Waals surface area contributed by atoms with Crippen molar-refractivity contribution in [3.8, 4) is 11.1 Å². The maximum Gasteiger partial charge on any atom is -0.00606 e. The van der Waals surface area contributed by atoms with Crippen LogP contribution in [0.2, 0.25) is 0 Å². The second-order valence-corrected chi connectivity index (χ2v) is 18.2. The van der Waals surface area contributed by atoms with Crippen LogP contribution in [0.4, 0.5) is 0 Å². The minimum absolute atomic E-state index is 0.108. The Hall–Kier alpha value is -1.74. The molecule has 202 valence electrons. The molecule has 4 aromatic carbocycles. The summed E-state index contributed by atoms with van der Waals surface area (Å²) in [5, 5.41) is 5.55. The number of hydrogen-bond acceptors (Lipinski definition) is 0. The fourth-order valence-corrected chi connectivity index (χ4v) is 11.7. The van der Waals surface area contributed by atoms with Gasteiger partial charge < -0.3 is 0 Å². The summed E-state index contributed by atoms with van der Waals surface area (Å²) in [6.45, 7) is 19.5. The minimum Gasteiger partial charge on any atom is -0.0969 e. The molecular weight excluding hydrogens is 494 g/mol. The van der Waals surface area contributed by atoms with Crippen LogP contribution in [0.1, 0.15) is 79.4 Å². The molecule has 0 saturated heterocycles. The van der Waals surface area contributed by atoms with E-state index in [-0.39, 0.29) is 15.8 Å². The van der Waals surface area contributed by atoms with Crippen LogP contribution >= 0.6 is 15.8 Å². The second kappa shape index (κ2) is 13.1. The summed E-state index contributed by atoms with van der Waals surface area (Å²) in [5.41, 5.74) is 9.13. The monoisotopic (exact) mass is 542 g/mol. The molecule has 0 aliphatic heterocycles. The molecule has 0 aliphatic carbocycles. The zero-order valence-electron chi connectivity index (χ0n) is 25.0. The molecule has 4 rings (SSSR count). The fraction of sp³-hybridized carbons (Fsp3) is 0.444. The van der Waals surface area contributed by atoms with Crippen molar-refractivity contribution in [3.63, 3.8) is 0 Å². The van der Waals surface area contributed by atoms with E-state index in [0.29, 0.717) is 0 Å². The maximum absolute atomic E-state index is 2.50. The van der Waals surface area contributed by atoms with Gasteiger partial charge in [0.1, 0.15) is 0 Å². The first-order valence-corrected chi connectivity index (χ1v) is 18.1. The first-order chi connectivity index (χ1) is 18.3. The summed E-state index contributed by atoms with van der Waals surface area (Å²) in [7, 11) is -0.216. The largest absolute Gasteiger partial charge is 0.0969 e. The Morgan fingerprint density at radius 3 is 1.29 bits per heavy atom. The quantitative estimate of drug-likeness (QED) is 0.165. The predicted octanol–water partition coefficient (Wildman–Crippen LogP) is 12.0. The van der Waals surface area contributed by atoms with Crippen LogP contribution in [-0.4, -0.2) is 22.6 Å². The Balaban J connectivity index is 2.03. The number of rotatable bonds is 11. The molecule has 0 radical (unpaired) electrons. The Morgan fingerprint density at radius 2 is 0.895 bits per heavy atom. The third kappa shape index (κ3) is 6.19. The van der Waals surface area contributed by atoms with Gasteiger partial charge >= 0.3 is 0 Å². The lowest BCUT2D eigenvalue weighted by Crippen LogP contribution is -2.11. The van der Waals surface area contributed by atoms with Crippen LogP contribution in [0.25, 0.3) is 32.7 Å². The van der Waals surface area contributed by atoms with Crippen molar-refractivity contribution in [2.75, 3.05) is 0 Å². The molecule has 0 N–H and O–H groups in total. The minimum atomic E-state index is -0.108. The van der Waals surface area contributed by atoms with Crippen molar-refractivity contribution in [1.82, 2.24) is 0 Å². The van der Waals surface area contributed by atoms with Gasteiger partial charge in [0.25, 0.3) is 0 Å². The first-order valence-electron chi connectivity index (χ1n) is 14.8. The molecule has 0 saturated carbocycles. The molecule has 0 aliphatic rings. The lowest BCUT2D eigenvalue weighted by Gasteiger charge is -2.31. The Bertz CT molecular complexity index is 1330. The summed E-state index contributed by atoms with van der Waals surface area (Å²) < 4.78 is 0. The normalized spacial score (nSPS) is 14.6. The summed E-state index contributed by atoms with van der Waals surface area (Å²) in [6.07, 6.45) is 4.95. The second-order valence-electron chi connectivity index (χ2n) is 11.7. The maximum atomic E-state index is 2.50. The molecule has 4 aromatic rings. The summed E-state index contributed by atoms with van der Waals surface area (Å²) in [5.74, 6) is 0. The van der Waals surface area contributed by atoms with E-state index in [9.17, 15) is 0 Å². The standard InChI is InChI=1S/C36H48P2/c1-9-27(7)38(28(8)10-2)24-32-22-20-30-16-12-14-18-34(30)36(32)35-31(23-37(25(3)4)26(5)6)21-19-29-15-11-13-17-33(29)35/h11-22,25-28H,9-10,23-24H2,1-8H3. The Kier molecular flexibility index (Phi) is 10.1. The number of benzene rings is 4. The number of fused-ring (bicyclic) bond motifs is 2. The van der Waals surface area contributed by atoms with E-state index in [1.54, 1.807) is 11.1 Å². The van der Waals surface area contributed by atoms with Gasteiger partial charge in [-0.1, -0.05) is 144 Å². The lowest BCUT2D eigenvalue weighted by molar-refractivity contribution is 0.828. The molecule has 0 heterocycles. The van der Waals surface area contributed by atoms with E-state index in [4.69, 9.17) is 0 Å². The smallest absolute Gasteiger partial charge is 0.00606 e. The van der Waals surface area contributed by atoms with Crippen molar-refractivity contribution >= 4 is 37.4 Å². The molecule has 2 heteroatoms. The molecule has 0 spiro atoms. The Morgan fingerprint density at radius 1 is 0.500 bits per heavy atom. The molecule has 2 atom stereocenters. The van der Waals surface area contributed by atoms with Gasteiger partial charge in [-0.2, -0.15) is 0 Å². The van der Waals surface area contributed by atoms with Gasteiger partial charge in [-0.15, -0.1) is 0 Å². The molecule has 0 fully saturated rings. The molecule has 0 amide bonds. The van der Waals surface area contributed by atoms with Gasteiger partial charge in [-0.05, 0) is 91.6 Å². The van der Waals surface area contributed by atoms with Crippen LogP contribution in [0.15, 0.2) is 72.8 Å². The molecular formula is C36H48P2. The molecule has 2 unspecified atom stereocenters. The highest BCUT2D eigenvalue weighted by molar-refractivity contribution is 7.58. The Labute approximate surface area is 235 Å². The summed E-state index contributed by atoms with van der Waals surface area (Å²) in [6, 6.07) is 27.9. The van der Waals surface area contributed by atoms with Crippen molar-refractivity contribution in [1.29, 1.82) is 0 Å². The van der Waals surface area contributed by atoms with Gasteiger partial charge in [-0.3, -0.25) is 0 Å². The average Bonchev–Trinajstić information content (AvgIpc) is 2.93. The first kappa shape index (κ1) is 29.2. The van der Waals surface area contributed by atoms with E-state index < -0.39 is 0 Å². The van der Waals surface area contributed by atoms with Crippen LogP contribution < -0.4 is 0 Å². The van der Waals surface area contributed by atoms with E-state index in [1.165, 1.54) is 57.8 Å². The SMILES string of the molecule is CCC(C)P(Cc1ccc2ccccc2c1-c1c(CP(C(C)C)C(C)C)ccc2ccccc12)C(C)CC. The summed E-state index contributed by atoms with van der Waals surface area (Å²) in [4.78, 5) is 0. The van der Waals surface area contributed by atoms with E-state index in [2.05, 4.69) is 128 Å². The van der Waals surface area contributed by atoms with Gasteiger partial charge in [0.2, 0.25) is 0 Å². The third-order valence-corrected chi connectivity index (χ3v) is 15.7. The highest BCUT2D eigenvalue weighted by Gasteiger charge is 2.26. The molecule has 0 bridgehead atoms. The average molecular weight is 543 g/mol. The molecule has 0 nitrogen and oxygen atoms in total. The predicted molar refractivity (Wildman–Crippen MR) is 178 cm³/mol. The van der Waals surface area contributed by atoms with Crippen molar-refractivity contribution in [2.24, 2.45) is 0 Å². The van der Waals surface area contributed by atoms with E-state index >= 15 is 0 Å². The van der Waals surface area contributed by atoms with Crippen LogP contribution in [0.5, 0.6) is 0 Å². The molecule has 38 heavy (non-hydrogen) atoms. The van der Waals surface area contributed by atoms with Gasteiger partial charge in [0, 0.05) is 0 Å². The fourth-order valence-electron chi connectivity index (χ4n) is 6.06. The molecule has 0 aromatic heterocycles. The highest BCUT2D eigenvalue weighted by Crippen LogP contribution is 2.55. The zero-order chi connectivity index (χ0) is 27.4. The van der Waals surface area contributed by atoms with Crippen molar-refractivity contribution in [3.05, 3.63) is 83.9 Å². The zero-order valence-corrected chi connectivity index (χ0v) is 26.7. The summed E-state index contributed by atoms with van der Waals surface area (Å²) >= 11 is 0. The van der Waals surface area contributed by atoms with Crippen LogP contribution in [-0.2, 0) is 12.3 Å².